The summed E-state index contributed by atoms with van der Waals surface area (Å²) in [4.78, 5) is 23.3. The second-order valence-corrected chi connectivity index (χ2v) is 5.86. The van der Waals surface area contributed by atoms with Crippen LogP contribution in [-0.2, 0) is 14.3 Å². The van der Waals surface area contributed by atoms with E-state index in [2.05, 4.69) is 26.0 Å². The molecule has 0 radical (unpaired) electrons. The average Bonchev–Trinajstić information content (AvgIpc) is 2.61. The first-order valence-electron chi connectivity index (χ1n) is 7.37. The van der Waals surface area contributed by atoms with Crippen molar-refractivity contribution < 1.29 is 27.8 Å². The number of carbonyl (C=O) groups excluding carboxylic acids is 2. The van der Waals surface area contributed by atoms with Gasteiger partial charge in [0.25, 0.3) is 5.91 Å². The summed E-state index contributed by atoms with van der Waals surface area (Å²) < 4.78 is 34.0. The fourth-order valence-corrected chi connectivity index (χ4v) is 2.10. The number of halogens is 3. The van der Waals surface area contributed by atoms with Crippen molar-refractivity contribution in [3.05, 3.63) is 64.6 Å². The van der Waals surface area contributed by atoms with Gasteiger partial charge >= 0.3 is 12.6 Å². The minimum atomic E-state index is -2.89. The molecule has 0 heterocycles. The largest absolute Gasteiger partial charge is 0.452 e. The maximum absolute atomic E-state index is 12.0. The molecule has 8 heteroatoms. The summed E-state index contributed by atoms with van der Waals surface area (Å²) in [5.41, 5.74) is 1.17. The van der Waals surface area contributed by atoms with E-state index in [9.17, 15) is 18.4 Å². The Morgan fingerprint density at radius 1 is 1.08 bits per heavy atom. The Hall–Kier alpha value is -2.74. The van der Waals surface area contributed by atoms with Gasteiger partial charge in [-0.1, -0.05) is 28.1 Å². The van der Waals surface area contributed by atoms with Gasteiger partial charge in [0.15, 0.2) is 6.61 Å². The molecule has 0 saturated heterocycles. The molecule has 2 rings (SSSR count). The molecule has 0 saturated carbocycles. The van der Waals surface area contributed by atoms with E-state index in [0.717, 1.165) is 10.5 Å². The van der Waals surface area contributed by atoms with Crippen molar-refractivity contribution in [1.82, 2.24) is 0 Å². The van der Waals surface area contributed by atoms with E-state index in [-0.39, 0.29) is 5.75 Å². The van der Waals surface area contributed by atoms with Gasteiger partial charge in [0.05, 0.1) is 0 Å². The highest BCUT2D eigenvalue weighted by molar-refractivity contribution is 9.10. The van der Waals surface area contributed by atoms with Gasteiger partial charge in [-0.05, 0) is 48.0 Å². The monoisotopic (exact) mass is 425 g/mol. The zero-order valence-corrected chi connectivity index (χ0v) is 14.9. The van der Waals surface area contributed by atoms with Crippen LogP contribution in [-0.4, -0.2) is 25.1 Å². The van der Waals surface area contributed by atoms with Crippen LogP contribution >= 0.6 is 15.9 Å². The molecule has 26 heavy (non-hydrogen) atoms. The molecule has 0 unspecified atom stereocenters. The fourth-order valence-electron chi connectivity index (χ4n) is 1.84. The third-order valence-electron chi connectivity index (χ3n) is 2.99. The summed E-state index contributed by atoms with van der Waals surface area (Å²) in [7, 11) is 0. The van der Waals surface area contributed by atoms with Crippen LogP contribution in [0.2, 0.25) is 0 Å². The summed E-state index contributed by atoms with van der Waals surface area (Å²) >= 11 is 3.28. The van der Waals surface area contributed by atoms with E-state index in [1.807, 2.05) is 0 Å². The third kappa shape index (κ3) is 7.02. The lowest BCUT2D eigenvalue weighted by Crippen LogP contribution is -2.20. The Labute approximate surface area is 156 Å². The molecular formula is C18H14BrF2NO4. The lowest BCUT2D eigenvalue weighted by atomic mass is 10.2. The fraction of sp³-hybridized carbons (Fsp3) is 0.111. The number of carbonyl (C=O) groups is 2. The van der Waals surface area contributed by atoms with E-state index >= 15 is 0 Å². The number of alkyl halides is 2. The van der Waals surface area contributed by atoms with Crippen molar-refractivity contribution >= 4 is 39.6 Å². The molecule has 0 aliphatic heterocycles. The standard InChI is InChI=1S/C18H14BrF2NO4/c19-13-4-6-14(7-5-13)22-16(23)11-25-17(24)10-3-12-1-8-15(9-2-12)26-18(20)21/h1-10,18H,11H2,(H,22,23)/b10-3+. The van der Waals surface area contributed by atoms with Crippen molar-refractivity contribution in [1.29, 1.82) is 0 Å². The van der Waals surface area contributed by atoms with Gasteiger partial charge < -0.3 is 14.8 Å². The zero-order chi connectivity index (χ0) is 18.9. The average molecular weight is 426 g/mol. The van der Waals surface area contributed by atoms with Crippen LogP contribution in [0.5, 0.6) is 5.75 Å². The maximum Gasteiger partial charge on any atom is 0.387 e. The van der Waals surface area contributed by atoms with Crippen LogP contribution in [0.3, 0.4) is 0 Å². The summed E-state index contributed by atoms with van der Waals surface area (Å²) in [5, 5.41) is 2.58. The molecule has 0 aromatic heterocycles. The number of esters is 1. The van der Waals surface area contributed by atoms with Crippen LogP contribution in [0.15, 0.2) is 59.1 Å². The normalized spacial score (nSPS) is 10.8. The van der Waals surface area contributed by atoms with Crippen molar-refractivity contribution in [2.75, 3.05) is 11.9 Å². The third-order valence-corrected chi connectivity index (χ3v) is 3.52. The Morgan fingerprint density at radius 3 is 2.35 bits per heavy atom. The van der Waals surface area contributed by atoms with Gasteiger partial charge in [-0.25, -0.2) is 4.79 Å². The van der Waals surface area contributed by atoms with Gasteiger partial charge in [0, 0.05) is 16.2 Å². The second-order valence-electron chi connectivity index (χ2n) is 4.94. The Kier molecular flexibility index (Phi) is 7.28. The quantitative estimate of drug-likeness (QED) is 0.532. The van der Waals surface area contributed by atoms with E-state index in [0.29, 0.717) is 11.3 Å². The smallest absolute Gasteiger partial charge is 0.387 e. The Bertz CT molecular complexity index is 777. The molecule has 0 bridgehead atoms. The number of rotatable bonds is 7. The molecule has 136 valence electrons. The molecule has 5 nitrogen and oxygen atoms in total. The topological polar surface area (TPSA) is 64.6 Å². The van der Waals surface area contributed by atoms with Gasteiger partial charge in [-0.2, -0.15) is 8.78 Å². The van der Waals surface area contributed by atoms with E-state index in [1.165, 1.54) is 30.3 Å². The predicted octanol–water partition coefficient (Wildman–Crippen LogP) is 4.25. The van der Waals surface area contributed by atoms with Crippen LogP contribution < -0.4 is 10.1 Å². The molecule has 0 atom stereocenters. The van der Waals surface area contributed by atoms with Gasteiger partial charge in [-0.3, -0.25) is 4.79 Å². The van der Waals surface area contributed by atoms with Crippen LogP contribution in [0.4, 0.5) is 14.5 Å². The molecule has 0 aliphatic carbocycles. The number of nitrogens with one attached hydrogen (secondary N) is 1. The minimum absolute atomic E-state index is 0.0179. The highest BCUT2D eigenvalue weighted by atomic mass is 79.9. The Morgan fingerprint density at radius 2 is 1.73 bits per heavy atom. The second kappa shape index (κ2) is 9.67. The lowest BCUT2D eigenvalue weighted by molar-refractivity contribution is -0.142. The van der Waals surface area contributed by atoms with Crippen molar-refractivity contribution in [2.45, 2.75) is 6.61 Å². The van der Waals surface area contributed by atoms with E-state index in [4.69, 9.17) is 4.74 Å². The van der Waals surface area contributed by atoms with Gasteiger partial charge in [0.2, 0.25) is 0 Å². The summed E-state index contributed by atoms with van der Waals surface area (Å²) in [6.07, 6.45) is 2.57. The SMILES string of the molecule is O=C(COC(=O)/C=C/c1ccc(OC(F)F)cc1)Nc1ccc(Br)cc1. The summed E-state index contributed by atoms with van der Waals surface area (Å²) in [6.45, 7) is -3.32. The number of amides is 1. The molecule has 1 N–H and O–H groups in total. The van der Waals surface area contributed by atoms with Crippen molar-refractivity contribution in [2.24, 2.45) is 0 Å². The Balaban J connectivity index is 1.77. The number of benzene rings is 2. The van der Waals surface area contributed by atoms with Crippen LogP contribution in [0.25, 0.3) is 6.08 Å². The number of ether oxygens (including phenoxy) is 2. The van der Waals surface area contributed by atoms with Crippen molar-refractivity contribution in [3.63, 3.8) is 0 Å². The highest BCUT2D eigenvalue weighted by Gasteiger charge is 2.06. The molecule has 2 aromatic carbocycles. The highest BCUT2D eigenvalue weighted by Crippen LogP contribution is 2.16. The maximum atomic E-state index is 12.0. The summed E-state index contributed by atoms with van der Waals surface area (Å²) in [5.74, 6) is -1.16. The minimum Gasteiger partial charge on any atom is -0.452 e. The molecular weight excluding hydrogens is 412 g/mol. The first kappa shape index (κ1) is 19.6. The zero-order valence-electron chi connectivity index (χ0n) is 13.3. The molecule has 1 amide bonds. The van der Waals surface area contributed by atoms with E-state index < -0.39 is 25.1 Å². The molecule has 2 aromatic rings. The molecule has 0 spiro atoms. The predicted molar refractivity (Wildman–Crippen MR) is 95.8 cm³/mol. The van der Waals surface area contributed by atoms with Gasteiger partial charge in [-0.15, -0.1) is 0 Å². The molecule has 0 aliphatic rings. The number of anilines is 1. The van der Waals surface area contributed by atoms with Crippen LogP contribution in [0, 0.1) is 0 Å². The first-order valence-corrected chi connectivity index (χ1v) is 8.17. The summed E-state index contributed by atoms with van der Waals surface area (Å²) in [6, 6.07) is 12.6. The van der Waals surface area contributed by atoms with E-state index in [1.54, 1.807) is 24.3 Å². The number of hydrogen-bond acceptors (Lipinski definition) is 4. The first-order chi connectivity index (χ1) is 12.4. The number of hydrogen-bond donors (Lipinski definition) is 1. The van der Waals surface area contributed by atoms with Crippen molar-refractivity contribution in [3.8, 4) is 5.75 Å². The van der Waals surface area contributed by atoms with Gasteiger partial charge in [0.1, 0.15) is 5.75 Å². The molecule has 0 fully saturated rings. The van der Waals surface area contributed by atoms with Crippen LogP contribution in [0.1, 0.15) is 5.56 Å². The lowest BCUT2D eigenvalue weighted by Gasteiger charge is -2.05.